The molecule has 0 saturated carbocycles. The van der Waals surface area contributed by atoms with Crippen LogP contribution in [-0.4, -0.2) is 14.4 Å². The van der Waals surface area contributed by atoms with Gasteiger partial charge in [-0.3, -0.25) is 0 Å². The van der Waals surface area contributed by atoms with Crippen LogP contribution in [0.15, 0.2) is 41.4 Å². The normalized spacial score (nSPS) is 10.9. The quantitative estimate of drug-likeness (QED) is 0.784. The lowest BCUT2D eigenvalue weighted by Crippen LogP contribution is -2.01. The van der Waals surface area contributed by atoms with Crippen LogP contribution in [0.4, 0.5) is 20.3 Å². The zero-order valence-electron chi connectivity index (χ0n) is 9.44. The largest absolute Gasteiger partial charge is 0.335 e. The molecule has 0 aliphatic heterocycles. The van der Waals surface area contributed by atoms with Crippen LogP contribution in [0.3, 0.4) is 0 Å². The van der Waals surface area contributed by atoms with Crippen molar-refractivity contribution in [2.24, 2.45) is 0 Å². The minimum atomic E-state index is -0.950. The summed E-state index contributed by atoms with van der Waals surface area (Å²) in [5.74, 6) is -1.53. The zero-order valence-corrected chi connectivity index (χ0v) is 11.0. The Morgan fingerprint density at radius 3 is 2.95 bits per heavy atom. The summed E-state index contributed by atoms with van der Waals surface area (Å²) in [4.78, 5) is 8.28. The maximum Gasteiger partial charge on any atom is 0.182 e. The number of hydrogen-bond acceptors (Lipinski definition) is 3. The van der Waals surface area contributed by atoms with Crippen molar-refractivity contribution in [3.63, 3.8) is 0 Å². The van der Waals surface area contributed by atoms with Crippen LogP contribution in [0, 0.1) is 11.6 Å². The summed E-state index contributed by atoms with van der Waals surface area (Å²) >= 11 is 3.25. The van der Waals surface area contributed by atoms with E-state index in [0.29, 0.717) is 16.1 Å². The molecule has 0 unspecified atom stereocenters. The fraction of sp³-hybridized carbons (Fsp3) is 0. The summed E-state index contributed by atoms with van der Waals surface area (Å²) in [5.41, 5.74) is 0.530. The van der Waals surface area contributed by atoms with Crippen LogP contribution >= 0.6 is 15.9 Å². The second-order valence-electron chi connectivity index (χ2n) is 3.80. The first-order chi connectivity index (χ1) is 9.15. The van der Waals surface area contributed by atoms with Gasteiger partial charge in [-0.15, -0.1) is 0 Å². The van der Waals surface area contributed by atoms with Crippen molar-refractivity contribution in [1.29, 1.82) is 0 Å². The van der Waals surface area contributed by atoms with Gasteiger partial charge in [-0.05, 0) is 28.1 Å². The van der Waals surface area contributed by atoms with Gasteiger partial charge in [0, 0.05) is 18.6 Å². The van der Waals surface area contributed by atoms with Crippen LogP contribution in [0.2, 0.25) is 0 Å². The minimum Gasteiger partial charge on any atom is -0.335 e. The first kappa shape index (κ1) is 12.0. The molecule has 7 heteroatoms. The molecule has 1 aromatic carbocycles. The van der Waals surface area contributed by atoms with Crippen molar-refractivity contribution < 1.29 is 8.78 Å². The van der Waals surface area contributed by atoms with Gasteiger partial charge in [0.1, 0.15) is 4.60 Å². The second kappa shape index (κ2) is 4.58. The average Bonchev–Trinajstić information content (AvgIpc) is 2.83. The molecular formula is C12H7BrF2N4. The molecule has 3 rings (SSSR count). The Morgan fingerprint density at radius 1 is 1.26 bits per heavy atom. The fourth-order valence-corrected chi connectivity index (χ4v) is 2.11. The van der Waals surface area contributed by atoms with E-state index in [0.717, 1.165) is 6.07 Å². The number of benzene rings is 1. The monoisotopic (exact) mass is 324 g/mol. The molecule has 0 bridgehead atoms. The third-order valence-electron chi connectivity index (χ3n) is 2.55. The van der Waals surface area contributed by atoms with E-state index in [9.17, 15) is 8.78 Å². The van der Waals surface area contributed by atoms with Crippen molar-refractivity contribution in [2.75, 3.05) is 5.32 Å². The standard InChI is InChI=1S/C12H7BrF2N4/c13-9-6-19-5-4-16-12(19)11(18-9)17-8-3-1-2-7(14)10(8)15/h1-6H,(H,17,18). The molecule has 19 heavy (non-hydrogen) atoms. The first-order valence-corrected chi connectivity index (χ1v) is 6.14. The lowest BCUT2D eigenvalue weighted by molar-refractivity contribution is 0.511. The van der Waals surface area contributed by atoms with E-state index in [4.69, 9.17) is 0 Å². The van der Waals surface area contributed by atoms with Gasteiger partial charge in [0.05, 0.1) is 5.69 Å². The van der Waals surface area contributed by atoms with Gasteiger partial charge in [0.25, 0.3) is 0 Å². The van der Waals surface area contributed by atoms with E-state index in [1.54, 1.807) is 23.0 Å². The Labute approximate surface area is 115 Å². The van der Waals surface area contributed by atoms with Crippen LogP contribution in [-0.2, 0) is 0 Å². The van der Waals surface area contributed by atoms with Gasteiger partial charge < -0.3 is 9.72 Å². The molecule has 0 fully saturated rings. The highest BCUT2D eigenvalue weighted by atomic mass is 79.9. The summed E-state index contributed by atoms with van der Waals surface area (Å²) in [7, 11) is 0. The van der Waals surface area contributed by atoms with E-state index in [-0.39, 0.29) is 5.69 Å². The Kier molecular flexibility index (Phi) is 2.90. The van der Waals surface area contributed by atoms with Crippen LogP contribution in [0.1, 0.15) is 0 Å². The summed E-state index contributed by atoms with van der Waals surface area (Å²) in [6, 6.07) is 3.90. The first-order valence-electron chi connectivity index (χ1n) is 5.35. The van der Waals surface area contributed by atoms with Crippen molar-refractivity contribution in [3.8, 4) is 0 Å². The number of imidazole rings is 1. The molecule has 0 atom stereocenters. The summed E-state index contributed by atoms with van der Waals surface area (Å²) < 4.78 is 29.0. The van der Waals surface area contributed by atoms with Gasteiger partial charge in [0.2, 0.25) is 0 Å². The summed E-state index contributed by atoms with van der Waals surface area (Å²) in [5, 5.41) is 2.74. The molecule has 0 amide bonds. The Bertz CT molecular complexity index is 757. The number of fused-ring (bicyclic) bond motifs is 1. The van der Waals surface area contributed by atoms with Gasteiger partial charge in [-0.1, -0.05) is 6.07 Å². The second-order valence-corrected chi connectivity index (χ2v) is 4.61. The van der Waals surface area contributed by atoms with E-state index in [1.807, 2.05) is 0 Å². The molecule has 0 aliphatic carbocycles. The SMILES string of the molecule is Fc1cccc(Nc2nc(Br)cn3ccnc23)c1F. The number of rotatable bonds is 2. The smallest absolute Gasteiger partial charge is 0.182 e. The minimum absolute atomic E-state index is 0.00972. The fourth-order valence-electron chi connectivity index (χ4n) is 1.71. The maximum absolute atomic E-state index is 13.6. The van der Waals surface area contributed by atoms with Crippen LogP contribution in [0.5, 0.6) is 0 Å². The van der Waals surface area contributed by atoms with Crippen LogP contribution in [0.25, 0.3) is 5.65 Å². The van der Waals surface area contributed by atoms with Crippen molar-refractivity contribution in [1.82, 2.24) is 14.4 Å². The molecular weight excluding hydrogens is 318 g/mol. The molecule has 2 aromatic heterocycles. The third-order valence-corrected chi connectivity index (χ3v) is 2.93. The van der Waals surface area contributed by atoms with Crippen LogP contribution < -0.4 is 5.32 Å². The molecule has 0 aliphatic rings. The van der Waals surface area contributed by atoms with Gasteiger partial charge in [0.15, 0.2) is 23.1 Å². The van der Waals surface area contributed by atoms with E-state index in [1.165, 1.54) is 12.1 Å². The highest BCUT2D eigenvalue weighted by Crippen LogP contribution is 2.24. The van der Waals surface area contributed by atoms with E-state index < -0.39 is 11.6 Å². The van der Waals surface area contributed by atoms with Crippen molar-refractivity contribution in [2.45, 2.75) is 0 Å². The Hall–Kier alpha value is -2.02. The molecule has 4 nitrogen and oxygen atoms in total. The average molecular weight is 325 g/mol. The number of halogens is 3. The molecule has 2 heterocycles. The molecule has 1 N–H and O–H groups in total. The molecule has 96 valence electrons. The maximum atomic E-state index is 13.6. The third kappa shape index (κ3) is 2.17. The Balaban J connectivity index is 2.10. The zero-order chi connectivity index (χ0) is 13.4. The number of anilines is 2. The van der Waals surface area contributed by atoms with Gasteiger partial charge >= 0.3 is 0 Å². The Morgan fingerprint density at radius 2 is 2.11 bits per heavy atom. The van der Waals surface area contributed by atoms with Crippen molar-refractivity contribution in [3.05, 3.63) is 53.0 Å². The lowest BCUT2D eigenvalue weighted by Gasteiger charge is -2.08. The lowest BCUT2D eigenvalue weighted by atomic mass is 10.3. The molecule has 0 radical (unpaired) electrons. The number of hydrogen-bond donors (Lipinski definition) is 1. The molecule has 0 spiro atoms. The number of nitrogens with one attached hydrogen (secondary N) is 1. The summed E-state index contributed by atoms with van der Waals surface area (Å²) in [6.45, 7) is 0. The van der Waals surface area contributed by atoms with E-state index >= 15 is 0 Å². The number of nitrogens with zero attached hydrogens (tertiary/aromatic N) is 3. The topological polar surface area (TPSA) is 42.2 Å². The highest BCUT2D eigenvalue weighted by Gasteiger charge is 2.11. The predicted molar refractivity (Wildman–Crippen MR) is 70.3 cm³/mol. The molecule has 0 saturated heterocycles. The van der Waals surface area contributed by atoms with Gasteiger partial charge in [-0.2, -0.15) is 0 Å². The highest BCUT2D eigenvalue weighted by molar-refractivity contribution is 9.10. The molecule has 3 aromatic rings. The number of aromatic nitrogens is 3. The predicted octanol–water partition coefficient (Wildman–Crippen LogP) is 3.51. The van der Waals surface area contributed by atoms with E-state index in [2.05, 4.69) is 31.2 Å². The van der Waals surface area contributed by atoms with Crippen molar-refractivity contribution >= 4 is 33.1 Å². The summed E-state index contributed by atoms with van der Waals surface area (Å²) in [6.07, 6.45) is 5.04. The van der Waals surface area contributed by atoms with Gasteiger partial charge in [-0.25, -0.2) is 18.7 Å².